The van der Waals surface area contributed by atoms with Gasteiger partial charge in [-0.3, -0.25) is 19.5 Å². The molecule has 1 aromatic carbocycles. The third-order valence-corrected chi connectivity index (χ3v) is 6.21. The van der Waals surface area contributed by atoms with Gasteiger partial charge in [0.2, 0.25) is 5.91 Å². The predicted molar refractivity (Wildman–Crippen MR) is 123 cm³/mol. The maximum absolute atomic E-state index is 13.1. The number of fused-ring (bicyclic) bond motifs is 1. The number of pyridine rings is 1. The molecule has 1 amide bonds. The number of para-hydroxylation sites is 1. The molecule has 2 aliphatic heterocycles. The third-order valence-electron chi connectivity index (χ3n) is 6.21. The van der Waals surface area contributed by atoms with E-state index in [1.165, 1.54) is 4.57 Å². The number of carbonyl (C=O) groups is 2. The number of aliphatic hydroxyl groups excluding tert-OH is 1. The van der Waals surface area contributed by atoms with E-state index in [4.69, 9.17) is 4.74 Å². The van der Waals surface area contributed by atoms with Crippen molar-refractivity contribution in [1.29, 1.82) is 5.26 Å². The molecule has 10 nitrogen and oxygen atoms in total. The summed E-state index contributed by atoms with van der Waals surface area (Å²) in [6.07, 6.45) is 1.35. The zero-order chi connectivity index (χ0) is 24.1. The quantitative estimate of drug-likeness (QED) is 0.329. The fraction of sp³-hybridized carbons (Fsp3) is 0.417. The molecule has 1 aromatic heterocycles. The molecule has 10 heteroatoms. The number of benzene rings is 1. The number of anilines is 1. The largest absolute Gasteiger partial charge is 0.425 e. The highest BCUT2D eigenvalue weighted by molar-refractivity contribution is 5.82. The number of aryl methyl sites for hydroxylation is 1. The van der Waals surface area contributed by atoms with Crippen molar-refractivity contribution in [1.82, 2.24) is 15.2 Å². The Balaban J connectivity index is 1.40. The number of nitrogens with one attached hydrogen (secondary N) is 3. The topological polar surface area (TPSA) is 145 Å². The summed E-state index contributed by atoms with van der Waals surface area (Å²) in [5.74, 6) is -0.668. The molecule has 1 fully saturated rings. The van der Waals surface area contributed by atoms with Gasteiger partial charge >= 0.3 is 5.97 Å². The number of ether oxygens (including phenoxy) is 1. The van der Waals surface area contributed by atoms with Crippen LogP contribution in [-0.4, -0.2) is 46.9 Å². The number of esters is 1. The van der Waals surface area contributed by atoms with Crippen LogP contribution in [0.4, 0.5) is 5.69 Å². The lowest BCUT2D eigenvalue weighted by Crippen LogP contribution is -2.42. The molecule has 0 aliphatic carbocycles. The van der Waals surface area contributed by atoms with Crippen molar-refractivity contribution in [3.05, 3.63) is 58.5 Å². The molecular formula is C24H27N5O5. The molecule has 2 aliphatic rings. The van der Waals surface area contributed by atoms with Crippen LogP contribution >= 0.6 is 0 Å². The van der Waals surface area contributed by atoms with Crippen LogP contribution in [0, 0.1) is 17.2 Å². The molecule has 178 valence electrons. The van der Waals surface area contributed by atoms with E-state index >= 15 is 0 Å². The number of carbonyl (C=O) groups excluding carboxylic acids is 2. The maximum atomic E-state index is 13.1. The summed E-state index contributed by atoms with van der Waals surface area (Å²) in [4.78, 5) is 38.2. The van der Waals surface area contributed by atoms with E-state index in [-0.39, 0.29) is 18.2 Å². The Kier molecular flexibility index (Phi) is 7.25. The number of amides is 1. The summed E-state index contributed by atoms with van der Waals surface area (Å²) in [5, 5.41) is 27.9. The van der Waals surface area contributed by atoms with Crippen molar-refractivity contribution in [2.45, 2.75) is 44.0 Å². The Labute approximate surface area is 196 Å². The van der Waals surface area contributed by atoms with E-state index < -0.39 is 35.7 Å². The molecule has 34 heavy (non-hydrogen) atoms. The maximum Gasteiger partial charge on any atom is 0.330 e. The van der Waals surface area contributed by atoms with Gasteiger partial charge in [0.1, 0.15) is 36.3 Å². The van der Waals surface area contributed by atoms with Gasteiger partial charge < -0.3 is 20.5 Å². The van der Waals surface area contributed by atoms with Crippen LogP contribution in [0.5, 0.6) is 5.75 Å². The highest BCUT2D eigenvalue weighted by Crippen LogP contribution is 2.26. The molecule has 0 spiro atoms. The second-order valence-electron chi connectivity index (χ2n) is 8.48. The Morgan fingerprint density at radius 1 is 1.24 bits per heavy atom. The summed E-state index contributed by atoms with van der Waals surface area (Å²) in [6.45, 7) is 0.451. The molecule has 0 saturated carbocycles. The number of hydrogen-bond donors (Lipinski definition) is 4. The SMILES string of the molecule is N#C[C@H](C[C@@H]1CCNC1O)NC(=O)[C@@H]1CCc2ccc(NCC(=O)Oc3ccccc3)c(=O)n21. The van der Waals surface area contributed by atoms with E-state index in [1.54, 1.807) is 36.4 Å². The zero-order valence-corrected chi connectivity index (χ0v) is 18.6. The van der Waals surface area contributed by atoms with Crippen molar-refractivity contribution in [3.8, 4) is 11.8 Å². The molecule has 4 atom stereocenters. The first kappa shape index (κ1) is 23.5. The van der Waals surface area contributed by atoms with Crippen molar-refractivity contribution in [2.75, 3.05) is 18.4 Å². The van der Waals surface area contributed by atoms with Gasteiger partial charge in [0.05, 0.1) is 6.07 Å². The summed E-state index contributed by atoms with van der Waals surface area (Å²) >= 11 is 0. The monoisotopic (exact) mass is 465 g/mol. The summed E-state index contributed by atoms with van der Waals surface area (Å²) in [7, 11) is 0. The number of aliphatic hydroxyl groups is 1. The number of nitrogens with zero attached hydrogens (tertiary/aromatic N) is 2. The Bertz CT molecular complexity index is 1140. The zero-order valence-electron chi connectivity index (χ0n) is 18.6. The van der Waals surface area contributed by atoms with E-state index in [0.717, 1.165) is 6.42 Å². The minimum atomic E-state index is -0.763. The van der Waals surface area contributed by atoms with Crippen molar-refractivity contribution >= 4 is 17.6 Å². The van der Waals surface area contributed by atoms with Gasteiger partial charge in [-0.15, -0.1) is 0 Å². The number of hydrogen-bond acceptors (Lipinski definition) is 8. The first-order valence-electron chi connectivity index (χ1n) is 11.3. The smallest absolute Gasteiger partial charge is 0.330 e. The lowest BCUT2D eigenvalue weighted by atomic mass is 9.98. The minimum absolute atomic E-state index is 0.116. The average Bonchev–Trinajstić information content (AvgIpc) is 3.45. The molecule has 4 rings (SSSR count). The second-order valence-corrected chi connectivity index (χ2v) is 8.48. The molecule has 0 radical (unpaired) electrons. The average molecular weight is 466 g/mol. The van der Waals surface area contributed by atoms with Gasteiger partial charge in [-0.2, -0.15) is 5.26 Å². The Morgan fingerprint density at radius 3 is 2.74 bits per heavy atom. The fourth-order valence-corrected chi connectivity index (χ4v) is 4.46. The first-order valence-corrected chi connectivity index (χ1v) is 11.3. The molecule has 1 unspecified atom stereocenters. The van der Waals surface area contributed by atoms with Gasteiger partial charge in [0.25, 0.3) is 5.56 Å². The normalized spacial score (nSPS) is 21.8. The molecule has 2 aromatic rings. The van der Waals surface area contributed by atoms with E-state index in [1.807, 2.05) is 6.07 Å². The molecule has 4 N–H and O–H groups in total. The van der Waals surface area contributed by atoms with Gasteiger partial charge in [-0.05, 0) is 56.5 Å². The van der Waals surface area contributed by atoms with Gasteiger partial charge in [0, 0.05) is 11.6 Å². The van der Waals surface area contributed by atoms with Gasteiger partial charge in [0.15, 0.2) is 0 Å². The van der Waals surface area contributed by atoms with Crippen LogP contribution in [0.25, 0.3) is 0 Å². The molecule has 0 bridgehead atoms. The van der Waals surface area contributed by atoms with Crippen LogP contribution in [0.2, 0.25) is 0 Å². The van der Waals surface area contributed by atoms with Crippen LogP contribution < -0.4 is 26.2 Å². The van der Waals surface area contributed by atoms with Crippen molar-refractivity contribution in [2.24, 2.45) is 5.92 Å². The first-order chi connectivity index (χ1) is 16.5. The summed E-state index contributed by atoms with van der Waals surface area (Å²) < 4.78 is 6.64. The predicted octanol–water partition coefficient (Wildman–Crippen LogP) is 0.679. The van der Waals surface area contributed by atoms with Crippen LogP contribution in [-0.2, 0) is 16.0 Å². The van der Waals surface area contributed by atoms with Gasteiger partial charge in [-0.25, -0.2) is 4.79 Å². The van der Waals surface area contributed by atoms with Crippen molar-refractivity contribution in [3.63, 3.8) is 0 Å². The minimum Gasteiger partial charge on any atom is -0.425 e. The van der Waals surface area contributed by atoms with E-state index in [2.05, 4.69) is 22.0 Å². The summed E-state index contributed by atoms with van der Waals surface area (Å²) in [5.41, 5.74) is 0.489. The fourth-order valence-electron chi connectivity index (χ4n) is 4.46. The number of rotatable bonds is 8. The van der Waals surface area contributed by atoms with Gasteiger partial charge in [-0.1, -0.05) is 18.2 Å². The van der Waals surface area contributed by atoms with E-state index in [0.29, 0.717) is 37.3 Å². The lowest BCUT2D eigenvalue weighted by molar-refractivity contribution is -0.132. The second kappa shape index (κ2) is 10.5. The molecule has 1 saturated heterocycles. The lowest BCUT2D eigenvalue weighted by Gasteiger charge is -2.21. The highest BCUT2D eigenvalue weighted by Gasteiger charge is 2.33. The summed E-state index contributed by atoms with van der Waals surface area (Å²) in [6, 6.07) is 12.5. The van der Waals surface area contributed by atoms with Crippen molar-refractivity contribution < 1.29 is 19.4 Å². The number of aromatic nitrogens is 1. The molecular weight excluding hydrogens is 438 g/mol. The number of nitriles is 1. The highest BCUT2D eigenvalue weighted by atomic mass is 16.5. The Morgan fingerprint density at radius 2 is 2.03 bits per heavy atom. The van der Waals surface area contributed by atoms with Crippen LogP contribution in [0.1, 0.15) is 31.0 Å². The van der Waals surface area contributed by atoms with Crippen LogP contribution in [0.3, 0.4) is 0 Å². The molecule has 3 heterocycles. The van der Waals surface area contributed by atoms with Crippen LogP contribution in [0.15, 0.2) is 47.3 Å². The third kappa shape index (κ3) is 5.27. The Hall–Kier alpha value is -3.68. The van der Waals surface area contributed by atoms with E-state index in [9.17, 15) is 24.8 Å². The standard InChI is InChI=1S/C24H27N5O5/c25-13-16(12-15-10-11-26-22(15)31)28-23(32)20-9-7-17-6-8-19(24(33)29(17)20)27-14-21(30)34-18-4-2-1-3-5-18/h1-6,8,15-16,20,22,26-27,31H,7,9-12,14H2,(H,28,32)/t15-,16-,20-,22?/m0/s1.